The minimum atomic E-state index is -0.269. The van der Waals surface area contributed by atoms with Gasteiger partial charge in [-0.2, -0.15) is 0 Å². The number of esters is 1. The number of carbonyl (C=O) groups excluding carboxylic acids is 1. The summed E-state index contributed by atoms with van der Waals surface area (Å²) >= 11 is 1.43. The number of hydrogen-bond acceptors (Lipinski definition) is 4. The van der Waals surface area contributed by atoms with Crippen LogP contribution in [0.15, 0.2) is 59.5 Å². The van der Waals surface area contributed by atoms with Gasteiger partial charge >= 0.3 is 5.97 Å². The lowest BCUT2D eigenvalue weighted by atomic mass is 10.3. The highest BCUT2D eigenvalue weighted by Crippen LogP contribution is 2.22. The Morgan fingerprint density at radius 1 is 1.05 bits per heavy atom. The lowest BCUT2D eigenvalue weighted by Gasteiger charge is -2.05. The summed E-state index contributed by atoms with van der Waals surface area (Å²) in [4.78, 5) is 12.7. The van der Waals surface area contributed by atoms with E-state index in [9.17, 15) is 4.79 Å². The molecule has 0 saturated heterocycles. The van der Waals surface area contributed by atoms with Gasteiger partial charge < -0.3 is 9.47 Å². The third-order valence-corrected chi connectivity index (χ3v) is 3.63. The first-order chi connectivity index (χ1) is 10.8. The highest BCUT2D eigenvalue weighted by Gasteiger charge is 2.06. The SMILES string of the molecule is CC#CCOc1ccc(SCC(=O)Oc2ccccc2)cc1. The summed E-state index contributed by atoms with van der Waals surface area (Å²) < 4.78 is 10.7. The van der Waals surface area contributed by atoms with Gasteiger partial charge in [0.25, 0.3) is 0 Å². The van der Waals surface area contributed by atoms with Crippen molar-refractivity contribution in [3.63, 3.8) is 0 Å². The van der Waals surface area contributed by atoms with Gasteiger partial charge in [-0.15, -0.1) is 17.7 Å². The molecule has 0 saturated carbocycles. The molecule has 2 rings (SSSR count). The number of carbonyl (C=O) groups is 1. The maximum atomic E-state index is 11.7. The van der Waals surface area contributed by atoms with E-state index in [0.717, 1.165) is 10.6 Å². The van der Waals surface area contributed by atoms with E-state index in [1.807, 2.05) is 42.5 Å². The van der Waals surface area contributed by atoms with E-state index < -0.39 is 0 Å². The molecule has 0 spiro atoms. The number of thioether (sulfide) groups is 1. The monoisotopic (exact) mass is 312 g/mol. The molecule has 0 aliphatic carbocycles. The van der Waals surface area contributed by atoms with Crippen LogP contribution in [0.1, 0.15) is 6.92 Å². The molecular formula is C18H16O3S. The van der Waals surface area contributed by atoms with Crippen LogP contribution in [0.5, 0.6) is 11.5 Å². The third-order valence-electron chi connectivity index (χ3n) is 2.64. The van der Waals surface area contributed by atoms with Crippen molar-refractivity contribution < 1.29 is 14.3 Å². The smallest absolute Gasteiger partial charge is 0.321 e. The predicted octanol–water partition coefficient (Wildman–Crippen LogP) is 3.79. The number of hydrogen-bond donors (Lipinski definition) is 0. The first kappa shape index (κ1) is 16.0. The van der Waals surface area contributed by atoms with Gasteiger partial charge in [-0.25, -0.2) is 0 Å². The van der Waals surface area contributed by atoms with Gasteiger partial charge in [0.05, 0.1) is 5.75 Å². The number of benzene rings is 2. The van der Waals surface area contributed by atoms with E-state index in [1.165, 1.54) is 11.8 Å². The van der Waals surface area contributed by atoms with Gasteiger partial charge in [0, 0.05) is 4.90 Å². The van der Waals surface area contributed by atoms with Crippen LogP contribution in [0, 0.1) is 11.8 Å². The van der Waals surface area contributed by atoms with Crippen molar-refractivity contribution in [2.45, 2.75) is 11.8 Å². The van der Waals surface area contributed by atoms with Crippen LogP contribution in [0.25, 0.3) is 0 Å². The minimum Gasteiger partial charge on any atom is -0.481 e. The zero-order chi connectivity index (χ0) is 15.6. The molecule has 0 aliphatic rings. The average molecular weight is 312 g/mol. The van der Waals surface area contributed by atoms with Crippen LogP contribution in [-0.4, -0.2) is 18.3 Å². The molecule has 0 N–H and O–H groups in total. The Balaban J connectivity index is 1.78. The first-order valence-corrected chi connectivity index (χ1v) is 7.77. The average Bonchev–Trinajstić information content (AvgIpc) is 2.55. The second-order valence-electron chi connectivity index (χ2n) is 4.26. The Labute approximate surface area is 134 Å². The summed E-state index contributed by atoms with van der Waals surface area (Å²) in [7, 11) is 0. The Kier molecular flexibility index (Phi) is 6.40. The number of ether oxygens (including phenoxy) is 2. The second kappa shape index (κ2) is 8.81. The molecule has 112 valence electrons. The normalized spacial score (nSPS) is 9.50. The minimum absolute atomic E-state index is 0.260. The van der Waals surface area contributed by atoms with E-state index in [2.05, 4.69) is 11.8 Å². The van der Waals surface area contributed by atoms with Gasteiger partial charge in [-0.3, -0.25) is 4.79 Å². The van der Waals surface area contributed by atoms with Gasteiger partial charge in [0.15, 0.2) is 0 Å². The topological polar surface area (TPSA) is 35.5 Å². The summed E-state index contributed by atoms with van der Waals surface area (Å²) in [6.07, 6.45) is 0. The van der Waals surface area contributed by atoms with Crippen molar-refractivity contribution in [2.75, 3.05) is 12.4 Å². The molecule has 22 heavy (non-hydrogen) atoms. The lowest BCUT2D eigenvalue weighted by Crippen LogP contribution is -2.10. The van der Waals surface area contributed by atoms with Crippen LogP contribution >= 0.6 is 11.8 Å². The van der Waals surface area contributed by atoms with Crippen LogP contribution in [0.4, 0.5) is 0 Å². The van der Waals surface area contributed by atoms with Crippen molar-refractivity contribution in [2.24, 2.45) is 0 Å². The van der Waals surface area contributed by atoms with Crippen molar-refractivity contribution in [3.05, 3.63) is 54.6 Å². The van der Waals surface area contributed by atoms with E-state index in [4.69, 9.17) is 9.47 Å². The molecule has 4 heteroatoms. The quantitative estimate of drug-likeness (QED) is 0.352. The molecule has 2 aromatic carbocycles. The summed E-state index contributed by atoms with van der Waals surface area (Å²) in [5.41, 5.74) is 0. The summed E-state index contributed by atoms with van der Waals surface area (Å²) in [6.45, 7) is 2.16. The largest absolute Gasteiger partial charge is 0.481 e. The second-order valence-corrected chi connectivity index (χ2v) is 5.31. The fraction of sp³-hybridized carbons (Fsp3) is 0.167. The molecule has 0 unspecified atom stereocenters. The Morgan fingerprint density at radius 2 is 1.77 bits per heavy atom. The number of rotatable bonds is 6. The molecule has 0 amide bonds. The summed E-state index contributed by atoms with van der Waals surface area (Å²) in [6, 6.07) is 16.6. The third kappa shape index (κ3) is 5.55. The molecule has 0 atom stereocenters. The standard InChI is InChI=1S/C18H16O3S/c1-2-3-13-20-15-9-11-17(12-10-15)22-14-18(19)21-16-7-5-4-6-8-16/h4-12H,13-14H2,1H3. The molecule has 0 fully saturated rings. The summed E-state index contributed by atoms with van der Waals surface area (Å²) in [5, 5.41) is 0. The predicted molar refractivity (Wildman–Crippen MR) is 88.2 cm³/mol. The number of para-hydroxylation sites is 1. The van der Waals surface area contributed by atoms with Crippen LogP contribution < -0.4 is 9.47 Å². The molecule has 3 nitrogen and oxygen atoms in total. The van der Waals surface area contributed by atoms with Gasteiger partial charge in [-0.1, -0.05) is 24.1 Å². The lowest BCUT2D eigenvalue weighted by molar-refractivity contribution is -0.131. The molecule has 2 aromatic rings. The molecule has 0 aliphatic heterocycles. The van der Waals surface area contributed by atoms with Crippen LogP contribution in [0.2, 0.25) is 0 Å². The molecule has 0 aromatic heterocycles. The highest BCUT2D eigenvalue weighted by atomic mass is 32.2. The van der Waals surface area contributed by atoms with Crippen molar-refractivity contribution in [1.29, 1.82) is 0 Å². The molecule has 0 bridgehead atoms. The van der Waals surface area contributed by atoms with Crippen LogP contribution in [0.3, 0.4) is 0 Å². The molecular weight excluding hydrogens is 296 g/mol. The maximum absolute atomic E-state index is 11.7. The molecule has 0 heterocycles. The van der Waals surface area contributed by atoms with E-state index in [0.29, 0.717) is 12.4 Å². The Hall–Kier alpha value is -2.38. The fourth-order valence-electron chi connectivity index (χ4n) is 1.62. The highest BCUT2D eigenvalue weighted by molar-refractivity contribution is 8.00. The van der Waals surface area contributed by atoms with Crippen LogP contribution in [-0.2, 0) is 4.79 Å². The Bertz CT molecular complexity index is 654. The first-order valence-electron chi connectivity index (χ1n) is 6.79. The van der Waals surface area contributed by atoms with Gasteiger partial charge in [0.1, 0.15) is 18.1 Å². The summed E-state index contributed by atoms with van der Waals surface area (Å²) in [5.74, 6) is 6.93. The van der Waals surface area contributed by atoms with E-state index in [-0.39, 0.29) is 11.7 Å². The zero-order valence-electron chi connectivity index (χ0n) is 12.2. The zero-order valence-corrected chi connectivity index (χ0v) is 13.1. The van der Waals surface area contributed by atoms with Crippen molar-refractivity contribution in [1.82, 2.24) is 0 Å². The van der Waals surface area contributed by atoms with Crippen molar-refractivity contribution in [3.8, 4) is 23.3 Å². The Morgan fingerprint density at radius 3 is 2.45 bits per heavy atom. The van der Waals surface area contributed by atoms with Gasteiger partial charge in [0.2, 0.25) is 0 Å². The maximum Gasteiger partial charge on any atom is 0.321 e. The van der Waals surface area contributed by atoms with Crippen molar-refractivity contribution >= 4 is 17.7 Å². The van der Waals surface area contributed by atoms with E-state index >= 15 is 0 Å². The van der Waals surface area contributed by atoms with Gasteiger partial charge in [-0.05, 0) is 43.3 Å². The molecule has 0 radical (unpaired) electrons. The fourth-order valence-corrected chi connectivity index (χ4v) is 2.29. The van der Waals surface area contributed by atoms with E-state index in [1.54, 1.807) is 19.1 Å².